The number of hydrogen-bond donors (Lipinski definition) is 1. The minimum atomic E-state index is -0.628. The summed E-state index contributed by atoms with van der Waals surface area (Å²) >= 11 is 0. The highest BCUT2D eigenvalue weighted by Gasteiger charge is 2.40. The molecule has 1 atom stereocenters. The normalized spacial score (nSPS) is 19.3. The lowest BCUT2D eigenvalue weighted by atomic mass is 10.0. The summed E-state index contributed by atoms with van der Waals surface area (Å²) in [6.07, 6.45) is 8.66. The average molecular weight is 307 g/mol. The maximum Gasteiger partial charge on any atom is 0.235 e. The van der Waals surface area contributed by atoms with Crippen LogP contribution in [0.3, 0.4) is 0 Å². The van der Waals surface area contributed by atoms with Gasteiger partial charge >= 0.3 is 0 Å². The van der Waals surface area contributed by atoms with Crippen LogP contribution in [-0.4, -0.2) is 27.7 Å². The predicted molar refractivity (Wildman–Crippen MR) is 90.1 cm³/mol. The SMILES string of the molecule is C=C/C(=C\C=C/C)C1C(=O)CC(=O)N1c1ccc2nc[nH]c2c1. The lowest BCUT2D eigenvalue weighted by Crippen LogP contribution is -2.36. The van der Waals surface area contributed by atoms with Gasteiger partial charge in [0.05, 0.1) is 23.8 Å². The van der Waals surface area contributed by atoms with Gasteiger partial charge in [0.2, 0.25) is 5.91 Å². The van der Waals surface area contributed by atoms with Crippen molar-refractivity contribution in [3.63, 3.8) is 0 Å². The molecule has 1 unspecified atom stereocenters. The zero-order valence-corrected chi connectivity index (χ0v) is 12.8. The van der Waals surface area contributed by atoms with Gasteiger partial charge in [-0.15, -0.1) is 0 Å². The topological polar surface area (TPSA) is 66.1 Å². The molecule has 0 radical (unpaired) electrons. The maximum atomic E-state index is 12.4. The smallest absolute Gasteiger partial charge is 0.235 e. The van der Waals surface area contributed by atoms with E-state index in [1.807, 2.05) is 43.4 Å². The van der Waals surface area contributed by atoms with Gasteiger partial charge in [0.25, 0.3) is 0 Å². The first-order valence-corrected chi connectivity index (χ1v) is 7.39. The Kier molecular flexibility index (Phi) is 3.93. The molecule has 0 bridgehead atoms. The Hall–Kier alpha value is -2.95. The molecule has 5 nitrogen and oxygen atoms in total. The monoisotopic (exact) mass is 307 g/mol. The van der Waals surface area contributed by atoms with E-state index in [1.165, 1.54) is 0 Å². The minimum Gasteiger partial charge on any atom is -0.345 e. The number of aromatic nitrogens is 2. The number of nitrogens with zero attached hydrogens (tertiary/aromatic N) is 2. The molecule has 1 amide bonds. The lowest BCUT2D eigenvalue weighted by Gasteiger charge is -2.24. The number of benzene rings is 1. The number of hydrogen-bond acceptors (Lipinski definition) is 3. The standard InChI is InChI=1S/C18H17N3O2/c1-3-5-6-12(4-2)18-16(22)10-17(23)21(18)13-7-8-14-15(9-13)20-11-19-14/h3-9,11,18H,2,10H2,1H3,(H,19,20)/b5-3-,12-6+. The van der Waals surface area contributed by atoms with Crippen molar-refractivity contribution < 1.29 is 9.59 Å². The average Bonchev–Trinajstić information content (AvgIpc) is 3.12. The number of imidazole rings is 1. The van der Waals surface area contributed by atoms with E-state index < -0.39 is 6.04 Å². The number of carbonyl (C=O) groups excluding carboxylic acids is 2. The Morgan fingerprint density at radius 1 is 1.43 bits per heavy atom. The van der Waals surface area contributed by atoms with Crippen molar-refractivity contribution in [1.29, 1.82) is 0 Å². The fraction of sp³-hybridized carbons (Fsp3) is 0.167. The number of fused-ring (bicyclic) bond motifs is 1. The van der Waals surface area contributed by atoms with Crippen molar-refractivity contribution in [2.75, 3.05) is 4.90 Å². The number of rotatable bonds is 4. The van der Waals surface area contributed by atoms with Gasteiger partial charge in [-0.05, 0) is 30.7 Å². The van der Waals surface area contributed by atoms with Gasteiger partial charge in [0, 0.05) is 5.69 Å². The number of amides is 1. The van der Waals surface area contributed by atoms with Crippen LogP contribution in [0.4, 0.5) is 5.69 Å². The van der Waals surface area contributed by atoms with E-state index in [0.29, 0.717) is 11.3 Å². The summed E-state index contributed by atoms with van der Waals surface area (Å²) in [5.41, 5.74) is 3.03. The third kappa shape index (κ3) is 2.61. The Morgan fingerprint density at radius 3 is 3.00 bits per heavy atom. The molecule has 1 fully saturated rings. The zero-order valence-electron chi connectivity index (χ0n) is 12.8. The van der Waals surface area contributed by atoms with Crippen LogP contribution in [0.1, 0.15) is 13.3 Å². The van der Waals surface area contributed by atoms with Gasteiger partial charge < -0.3 is 4.98 Å². The summed E-state index contributed by atoms with van der Waals surface area (Å²) < 4.78 is 0. The van der Waals surface area contributed by atoms with Crippen molar-refractivity contribution in [3.8, 4) is 0 Å². The van der Waals surface area contributed by atoms with Crippen molar-refractivity contribution in [3.05, 3.63) is 61.0 Å². The Labute approximate surface area is 134 Å². The number of H-pyrrole nitrogens is 1. The molecule has 1 aromatic heterocycles. The second-order valence-electron chi connectivity index (χ2n) is 5.31. The molecule has 0 aliphatic carbocycles. The van der Waals surface area contributed by atoms with E-state index in [4.69, 9.17) is 0 Å². The number of aromatic amines is 1. The molecule has 1 aliphatic rings. The van der Waals surface area contributed by atoms with Gasteiger partial charge in [-0.2, -0.15) is 0 Å². The van der Waals surface area contributed by atoms with Gasteiger partial charge in [-0.3, -0.25) is 14.5 Å². The number of allylic oxidation sites excluding steroid dienone is 3. The van der Waals surface area contributed by atoms with E-state index in [1.54, 1.807) is 17.3 Å². The van der Waals surface area contributed by atoms with Crippen LogP contribution in [0.5, 0.6) is 0 Å². The molecule has 1 aliphatic heterocycles. The van der Waals surface area contributed by atoms with Crippen LogP contribution >= 0.6 is 0 Å². The fourth-order valence-corrected chi connectivity index (χ4v) is 2.80. The van der Waals surface area contributed by atoms with Crippen LogP contribution in [0, 0.1) is 0 Å². The molecule has 2 heterocycles. The molecule has 2 aromatic rings. The Morgan fingerprint density at radius 2 is 2.26 bits per heavy atom. The van der Waals surface area contributed by atoms with Crippen molar-refractivity contribution in [2.24, 2.45) is 0 Å². The molecule has 5 heteroatoms. The highest BCUT2D eigenvalue weighted by atomic mass is 16.2. The van der Waals surface area contributed by atoms with Gasteiger partial charge in [-0.1, -0.05) is 30.9 Å². The summed E-state index contributed by atoms with van der Waals surface area (Å²) in [4.78, 5) is 33.4. The molecule has 116 valence electrons. The number of anilines is 1. The summed E-state index contributed by atoms with van der Waals surface area (Å²) in [7, 11) is 0. The highest BCUT2D eigenvalue weighted by Crippen LogP contribution is 2.30. The summed E-state index contributed by atoms with van der Waals surface area (Å²) in [5, 5.41) is 0. The number of Topliss-reactive ketones (excluding diaryl/α,β-unsaturated/α-hetero) is 1. The summed E-state index contributed by atoms with van der Waals surface area (Å²) in [6, 6.07) is 4.85. The van der Waals surface area contributed by atoms with Crippen molar-refractivity contribution in [2.45, 2.75) is 19.4 Å². The molecule has 1 saturated heterocycles. The van der Waals surface area contributed by atoms with Crippen LogP contribution in [0.15, 0.2) is 61.0 Å². The molecule has 0 saturated carbocycles. The van der Waals surface area contributed by atoms with Crippen LogP contribution in [0.2, 0.25) is 0 Å². The molecule has 0 spiro atoms. The van der Waals surface area contributed by atoms with Crippen LogP contribution < -0.4 is 4.90 Å². The number of ketones is 1. The molecule has 3 rings (SSSR count). The van der Waals surface area contributed by atoms with Gasteiger partial charge in [-0.25, -0.2) is 4.98 Å². The largest absolute Gasteiger partial charge is 0.345 e. The van der Waals surface area contributed by atoms with Crippen LogP contribution in [0.25, 0.3) is 11.0 Å². The van der Waals surface area contributed by atoms with Gasteiger partial charge in [0.15, 0.2) is 5.78 Å². The zero-order chi connectivity index (χ0) is 16.4. The van der Waals surface area contributed by atoms with E-state index in [9.17, 15) is 9.59 Å². The Balaban J connectivity index is 2.08. The van der Waals surface area contributed by atoms with Crippen LogP contribution in [-0.2, 0) is 9.59 Å². The number of carbonyl (C=O) groups is 2. The van der Waals surface area contributed by atoms with E-state index in [0.717, 1.165) is 11.0 Å². The van der Waals surface area contributed by atoms with E-state index >= 15 is 0 Å². The first-order valence-electron chi connectivity index (χ1n) is 7.39. The molecular formula is C18H17N3O2. The first-order chi connectivity index (χ1) is 11.2. The van der Waals surface area contributed by atoms with E-state index in [2.05, 4.69) is 16.5 Å². The molecular weight excluding hydrogens is 290 g/mol. The lowest BCUT2D eigenvalue weighted by molar-refractivity contribution is -0.121. The first kappa shape index (κ1) is 15.0. The fourth-order valence-electron chi connectivity index (χ4n) is 2.80. The number of nitrogens with one attached hydrogen (secondary N) is 1. The summed E-state index contributed by atoms with van der Waals surface area (Å²) in [6.45, 7) is 5.67. The third-order valence-electron chi connectivity index (χ3n) is 3.87. The van der Waals surface area contributed by atoms with E-state index in [-0.39, 0.29) is 18.1 Å². The van der Waals surface area contributed by atoms with Crippen molar-refractivity contribution >= 4 is 28.4 Å². The van der Waals surface area contributed by atoms with Gasteiger partial charge in [0.1, 0.15) is 6.04 Å². The highest BCUT2D eigenvalue weighted by molar-refractivity contribution is 6.19. The minimum absolute atomic E-state index is 0.0906. The second-order valence-corrected chi connectivity index (χ2v) is 5.31. The Bertz CT molecular complexity index is 845. The quantitative estimate of drug-likeness (QED) is 0.697. The molecule has 1 N–H and O–H groups in total. The summed E-state index contributed by atoms with van der Waals surface area (Å²) in [5.74, 6) is -0.317. The maximum absolute atomic E-state index is 12.4. The second kappa shape index (κ2) is 6.04. The predicted octanol–water partition coefficient (Wildman–Crippen LogP) is 2.93. The molecule has 23 heavy (non-hydrogen) atoms. The molecule has 1 aromatic carbocycles. The third-order valence-corrected chi connectivity index (χ3v) is 3.87. The van der Waals surface area contributed by atoms with Crippen molar-refractivity contribution in [1.82, 2.24) is 9.97 Å².